The van der Waals surface area contributed by atoms with Gasteiger partial charge in [-0.1, -0.05) is 6.92 Å². The number of rotatable bonds is 7. The Labute approximate surface area is 167 Å². The average Bonchev–Trinajstić information content (AvgIpc) is 2.72. The third-order valence-corrected chi connectivity index (χ3v) is 7.25. The number of hydrogen-bond acceptors (Lipinski definition) is 10. The van der Waals surface area contributed by atoms with Crippen molar-refractivity contribution in [3.05, 3.63) is 24.4 Å². The number of hydrogen-bond donors (Lipinski definition) is 1. The summed E-state index contributed by atoms with van der Waals surface area (Å²) in [6.07, 6.45) is 1.11. The van der Waals surface area contributed by atoms with E-state index in [2.05, 4.69) is 20.3 Å². The number of ether oxygens (including phenoxy) is 2. The number of sulfone groups is 1. The lowest BCUT2D eigenvalue weighted by atomic mass is 10.5. The maximum Gasteiger partial charge on any atom is 0.337 e. The lowest BCUT2D eigenvalue weighted by Crippen LogP contribution is -2.38. The molecule has 0 saturated carbocycles. The van der Waals surface area contributed by atoms with Gasteiger partial charge in [0.25, 0.3) is 10.0 Å². The van der Waals surface area contributed by atoms with Gasteiger partial charge in [-0.2, -0.15) is 18.4 Å². The Morgan fingerprint density at radius 2 is 1.72 bits per heavy atom. The first-order valence-electron chi connectivity index (χ1n) is 8.01. The average molecular weight is 445 g/mol. The van der Waals surface area contributed by atoms with Gasteiger partial charge in [0.2, 0.25) is 17.7 Å². The molecule has 0 spiro atoms. The molecule has 2 aromatic rings. The van der Waals surface area contributed by atoms with E-state index >= 15 is 0 Å². The second kappa shape index (κ2) is 8.57. The molecule has 0 radical (unpaired) electrons. The topological polar surface area (TPSA) is 158 Å². The van der Waals surface area contributed by atoms with Crippen LogP contribution in [-0.2, 0) is 19.9 Å². The molecule has 2 heterocycles. The Morgan fingerprint density at radius 1 is 1.14 bits per heavy atom. The molecule has 12 nitrogen and oxygen atoms in total. The van der Waals surface area contributed by atoms with Crippen LogP contribution >= 0.6 is 0 Å². The third kappa shape index (κ3) is 4.71. The highest BCUT2D eigenvalue weighted by molar-refractivity contribution is 7.93. The number of amides is 2. The first-order valence-corrected chi connectivity index (χ1v) is 11.1. The van der Waals surface area contributed by atoms with Crippen LogP contribution in [0.3, 0.4) is 0 Å². The lowest BCUT2D eigenvalue weighted by Gasteiger charge is -2.18. The molecule has 0 aliphatic carbocycles. The molecule has 0 fully saturated rings. The summed E-state index contributed by atoms with van der Waals surface area (Å²) in [6.45, 7) is 1.36. The van der Waals surface area contributed by atoms with Crippen molar-refractivity contribution in [2.45, 2.75) is 16.8 Å². The largest absolute Gasteiger partial charge is 0.481 e. The van der Waals surface area contributed by atoms with Gasteiger partial charge in [0.05, 0.1) is 26.0 Å². The second-order valence-corrected chi connectivity index (χ2v) is 9.52. The van der Waals surface area contributed by atoms with E-state index in [1.807, 2.05) is 0 Å². The van der Waals surface area contributed by atoms with E-state index in [1.165, 1.54) is 33.3 Å². The van der Waals surface area contributed by atoms with Gasteiger partial charge in [0.15, 0.2) is 14.9 Å². The molecule has 14 heteroatoms. The van der Waals surface area contributed by atoms with Crippen LogP contribution in [0, 0.1) is 0 Å². The first-order chi connectivity index (χ1) is 13.6. The van der Waals surface area contributed by atoms with Gasteiger partial charge in [0, 0.05) is 13.2 Å². The first kappa shape index (κ1) is 22.3. The van der Waals surface area contributed by atoms with E-state index in [4.69, 9.17) is 9.47 Å². The Kier molecular flexibility index (Phi) is 6.58. The van der Waals surface area contributed by atoms with Crippen LogP contribution in [0.1, 0.15) is 6.92 Å². The van der Waals surface area contributed by atoms with E-state index < -0.39 is 35.8 Å². The number of pyridine rings is 1. The highest BCUT2D eigenvalue weighted by Crippen LogP contribution is 2.23. The number of urea groups is 1. The molecule has 2 amide bonds. The van der Waals surface area contributed by atoms with E-state index in [0.717, 1.165) is 19.3 Å². The van der Waals surface area contributed by atoms with Crippen LogP contribution in [-0.4, -0.2) is 69.1 Å². The molecule has 0 aliphatic rings. The van der Waals surface area contributed by atoms with Crippen LogP contribution in [0.15, 0.2) is 34.3 Å². The predicted molar refractivity (Wildman–Crippen MR) is 101 cm³/mol. The number of aromatic nitrogens is 3. The summed E-state index contributed by atoms with van der Waals surface area (Å²) in [4.78, 5) is 23.4. The zero-order valence-electron chi connectivity index (χ0n) is 16.0. The molecule has 0 bridgehead atoms. The van der Waals surface area contributed by atoms with Gasteiger partial charge in [-0.05, 0) is 12.1 Å². The summed E-state index contributed by atoms with van der Waals surface area (Å²) < 4.78 is 60.3. The maximum absolute atomic E-state index is 12.8. The fourth-order valence-electron chi connectivity index (χ4n) is 2.04. The SMILES string of the molecule is CCS(=O)(=O)c1cccnc1S(=O)(=O)N(C)C(=O)Nc1nc(OC)cc(OC)n1. The molecular formula is C15H19N5O7S2. The van der Waals surface area contributed by atoms with Crippen molar-refractivity contribution in [3.63, 3.8) is 0 Å². The molecule has 1 N–H and O–H groups in total. The molecule has 2 rings (SSSR count). The van der Waals surface area contributed by atoms with Gasteiger partial charge in [-0.15, -0.1) is 0 Å². The maximum atomic E-state index is 12.8. The van der Waals surface area contributed by atoms with E-state index in [1.54, 1.807) is 0 Å². The number of anilines is 1. The monoisotopic (exact) mass is 445 g/mol. The van der Waals surface area contributed by atoms with Gasteiger partial charge < -0.3 is 9.47 Å². The Bertz CT molecular complexity index is 1100. The van der Waals surface area contributed by atoms with E-state index in [-0.39, 0.29) is 23.5 Å². The Balaban J connectivity index is 2.40. The van der Waals surface area contributed by atoms with Gasteiger partial charge in [-0.3, -0.25) is 5.32 Å². The molecule has 0 aromatic carbocycles. The van der Waals surface area contributed by atoms with Crippen molar-refractivity contribution in [1.82, 2.24) is 19.3 Å². The van der Waals surface area contributed by atoms with Crippen LogP contribution in [0.5, 0.6) is 11.8 Å². The lowest BCUT2D eigenvalue weighted by molar-refractivity contribution is 0.240. The van der Waals surface area contributed by atoms with Crippen LogP contribution in [0.25, 0.3) is 0 Å². The van der Waals surface area contributed by atoms with E-state index in [9.17, 15) is 21.6 Å². The Hall–Kier alpha value is -3.00. The summed E-state index contributed by atoms with van der Waals surface area (Å²) in [6, 6.07) is 2.61. The number of nitrogens with zero attached hydrogens (tertiary/aromatic N) is 4. The van der Waals surface area contributed by atoms with Crippen LogP contribution in [0.4, 0.5) is 10.7 Å². The van der Waals surface area contributed by atoms with Gasteiger partial charge in [-0.25, -0.2) is 22.5 Å². The molecule has 2 aromatic heterocycles. The molecule has 0 unspecified atom stereocenters. The number of nitrogens with one attached hydrogen (secondary N) is 1. The fraction of sp³-hybridized carbons (Fsp3) is 0.333. The van der Waals surface area contributed by atoms with Crippen molar-refractivity contribution in [2.75, 3.05) is 32.3 Å². The summed E-state index contributed by atoms with van der Waals surface area (Å²) in [5, 5.41) is 1.43. The van der Waals surface area contributed by atoms with Gasteiger partial charge in [0.1, 0.15) is 4.90 Å². The minimum Gasteiger partial charge on any atom is -0.481 e. The van der Waals surface area contributed by atoms with E-state index in [0.29, 0.717) is 4.31 Å². The zero-order chi connectivity index (χ0) is 21.8. The summed E-state index contributed by atoms with van der Waals surface area (Å²) >= 11 is 0. The Morgan fingerprint density at radius 3 is 2.24 bits per heavy atom. The number of carbonyl (C=O) groups excluding carboxylic acids is 1. The van der Waals surface area contributed by atoms with Crippen molar-refractivity contribution < 1.29 is 31.1 Å². The van der Waals surface area contributed by atoms with Crippen molar-refractivity contribution in [2.24, 2.45) is 0 Å². The number of carbonyl (C=O) groups is 1. The summed E-state index contributed by atoms with van der Waals surface area (Å²) in [7, 11) is -4.89. The minimum absolute atomic E-state index is 0.0683. The molecule has 29 heavy (non-hydrogen) atoms. The second-order valence-electron chi connectivity index (χ2n) is 5.39. The highest BCUT2D eigenvalue weighted by Gasteiger charge is 2.33. The van der Waals surface area contributed by atoms with Crippen LogP contribution in [0.2, 0.25) is 0 Å². The molecule has 0 saturated heterocycles. The smallest absolute Gasteiger partial charge is 0.337 e. The van der Waals surface area contributed by atoms with Gasteiger partial charge >= 0.3 is 6.03 Å². The standard InChI is InChI=1S/C15H19N5O7S2/c1-5-28(22,23)10-7-6-8-16-13(10)29(24,25)20(2)15(21)19-14-17-11(26-3)9-12(18-14)27-4/h6-9H,5H2,1-4H3,(H,17,18,19,21). The molecule has 0 aliphatic heterocycles. The number of sulfonamides is 1. The van der Waals surface area contributed by atoms with Crippen molar-refractivity contribution >= 4 is 31.8 Å². The minimum atomic E-state index is -4.60. The van der Waals surface area contributed by atoms with Crippen molar-refractivity contribution in [3.8, 4) is 11.8 Å². The predicted octanol–water partition coefficient (Wildman–Crippen LogP) is 0.535. The summed E-state index contributed by atoms with van der Waals surface area (Å²) in [5.74, 6) is -0.484. The number of methoxy groups -OCH3 is 2. The van der Waals surface area contributed by atoms with Crippen molar-refractivity contribution in [1.29, 1.82) is 0 Å². The fourth-order valence-corrected chi connectivity index (χ4v) is 4.70. The third-order valence-electron chi connectivity index (χ3n) is 3.66. The zero-order valence-corrected chi connectivity index (χ0v) is 17.6. The normalized spacial score (nSPS) is 11.6. The summed E-state index contributed by atoms with van der Waals surface area (Å²) in [5.41, 5.74) is 0. The highest BCUT2D eigenvalue weighted by atomic mass is 32.2. The van der Waals surface area contributed by atoms with Crippen LogP contribution < -0.4 is 14.8 Å². The molecule has 158 valence electrons. The molecular weight excluding hydrogens is 426 g/mol. The quantitative estimate of drug-likeness (QED) is 0.637. The molecule has 0 atom stereocenters.